The number of carbonyl (C=O) groups is 1. The van der Waals surface area contributed by atoms with Crippen LogP contribution in [0.15, 0.2) is 0 Å². The molecule has 23 nitrogen and oxygen atoms in total. The Morgan fingerprint density at radius 2 is 1.24 bits per heavy atom. The summed E-state index contributed by atoms with van der Waals surface area (Å²) in [4.78, 5) is 12.2. The van der Waals surface area contributed by atoms with Gasteiger partial charge in [0.1, 0.15) is 36.6 Å². The molecule has 0 radical (unpaired) electrons. The van der Waals surface area contributed by atoms with Crippen molar-refractivity contribution in [3.8, 4) is 0 Å². The molecule has 3 aliphatic rings. The number of rotatable bonds is 13. The van der Waals surface area contributed by atoms with E-state index in [2.05, 4.69) is 12.5 Å². The Balaban J connectivity index is 1.92. The number of hydrogen-bond acceptors (Lipinski definition) is 19. The Hall–Kier alpha value is -1.28. The van der Waals surface area contributed by atoms with Crippen molar-refractivity contribution in [2.75, 3.05) is 19.8 Å². The Labute approximate surface area is 261 Å². The fraction of sp³-hybridized carbons (Fsp3) is 0.950. The number of ether oxygens (including phenoxy) is 5. The second kappa shape index (κ2) is 15.1. The van der Waals surface area contributed by atoms with Crippen molar-refractivity contribution in [1.29, 1.82) is 0 Å². The Morgan fingerprint density at radius 3 is 1.76 bits per heavy atom. The number of aliphatic hydroxyl groups is 4. The fourth-order valence-electron chi connectivity index (χ4n) is 4.83. The van der Waals surface area contributed by atoms with Gasteiger partial charge in [-0.2, -0.15) is 25.3 Å². The van der Waals surface area contributed by atoms with Gasteiger partial charge in [0, 0.05) is 11.8 Å². The summed E-state index contributed by atoms with van der Waals surface area (Å²) >= 11 is 0. The Kier molecular flexibility index (Phi) is 12.8. The molecule has 14 unspecified atom stereocenters. The van der Waals surface area contributed by atoms with Crippen LogP contribution in [0, 0.1) is 11.8 Å². The monoisotopic (exact) mass is 738 g/mol. The minimum atomic E-state index is -5.50. The van der Waals surface area contributed by atoms with Crippen molar-refractivity contribution in [3.05, 3.63) is 0 Å². The Bertz CT molecular complexity index is 1370. The van der Waals surface area contributed by atoms with Crippen LogP contribution in [0.25, 0.3) is 0 Å². The van der Waals surface area contributed by atoms with Gasteiger partial charge in [0.15, 0.2) is 24.8 Å². The normalized spacial score (nSPS) is 41.2. The quantitative estimate of drug-likeness (QED) is 0.0822. The van der Waals surface area contributed by atoms with Crippen molar-refractivity contribution >= 4 is 37.2 Å². The van der Waals surface area contributed by atoms with Crippen molar-refractivity contribution in [2.45, 2.75) is 87.5 Å². The zero-order valence-electron chi connectivity index (χ0n) is 23.6. The van der Waals surface area contributed by atoms with E-state index in [0.717, 1.165) is 0 Å². The number of aliphatic carboxylic acids is 1. The van der Waals surface area contributed by atoms with Gasteiger partial charge in [0.2, 0.25) is 0 Å². The molecule has 0 saturated carbocycles. The summed E-state index contributed by atoms with van der Waals surface area (Å²) in [6.45, 7) is 0.395. The predicted octanol–water partition coefficient (Wildman–Crippen LogP) is -4.77. The molecule has 8 N–H and O–H groups in total. The van der Waals surface area contributed by atoms with Crippen molar-refractivity contribution in [2.24, 2.45) is 11.8 Å². The maximum absolute atomic E-state index is 12.2. The second-order valence-corrected chi connectivity index (χ2v) is 13.8. The van der Waals surface area contributed by atoms with E-state index in [4.69, 9.17) is 32.8 Å². The fourth-order valence-corrected chi connectivity index (χ4v) is 5.93. The molecule has 0 aromatic rings. The molecule has 0 aromatic heterocycles. The van der Waals surface area contributed by atoms with E-state index in [1.54, 1.807) is 0 Å². The molecule has 0 bridgehead atoms. The molecule has 0 aliphatic carbocycles. The molecule has 0 spiro atoms. The molecule has 14 atom stereocenters. The first-order chi connectivity index (χ1) is 21.0. The smallest absolute Gasteiger partial charge is 0.397 e. The summed E-state index contributed by atoms with van der Waals surface area (Å²) in [5.74, 6) is -3.91. The van der Waals surface area contributed by atoms with E-state index in [0.29, 0.717) is 0 Å². The van der Waals surface area contributed by atoms with Gasteiger partial charge in [-0.1, -0.05) is 13.8 Å². The summed E-state index contributed by atoms with van der Waals surface area (Å²) in [6, 6.07) is 0. The molecule has 46 heavy (non-hydrogen) atoms. The highest BCUT2D eigenvalue weighted by atomic mass is 32.3. The molecular formula is C20H34O23S3. The van der Waals surface area contributed by atoms with Crippen LogP contribution in [-0.4, -0.2) is 164 Å². The van der Waals surface area contributed by atoms with Crippen molar-refractivity contribution < 1.29 is 105 Å². The highest BCUT2D eigenvalue weighted by Crippen LogP contribution is 2.35. The number of carboxylic acids is 1. The molecular weight excluding hydrogens is 704 g/mol. The molecule has 3 fully saturated rings. The van der Waals surface area contributed by atoms with Gasteiger partial charge in [-0.25, -0.2) is 17.3 Å². The van der Waals surface area contributed by atoms with Gasteiger partial charge in [-0.15, -0.1) is 0 Å². The largest absolute Gasteiger partial charge is 0.479 e. The number of hydrogen-bond donors (Lipinski definition) is 8. The lowest BCUT2D eigenvalue weighted by Gasteiger charge is -2.47. The molecule has 0 aromatic carbocycles. The van der Waals surface area contributed by atoms with Crippen LogP contribution in [0.1, 0.15) is 13.8 Å². The van der Waals surface area contributed by atoms with Crippen LogP contribution in [0.3, 0.4) is 0 Å². The summed E-state index contributed by atoms with van der Waals surface area (Å²) in [5, 5.41) is 52.4. The molecule has 3 rings (SSSR count). The van der Waals surface area contributed by atoms with Gasteiger partial charge in [0.25, 0.3) is 0 Å². The van der Waals surface area contributed by atoms with Gasteiger partial charge in [-0.05, 0) is 0 Å². The van der Waals surface area contributed by atoms with E-state index in [-0.39, 0.29) is 6.61 Å². The molecule has 26 heteroatoms. The second-order valence-electron chi connectivity index (χ2n) is 10.6. The third-order valence-electron chi connectivity index (χ3n) is 7.21. The summed E-state index contributed by atoms with van der Waals surface area (Å²) < 4.78 is 135. The maximum atomic E-state index is 12.2. The highest BCUT2D eigenvalue weighted by molar-refractivity contribution is 7.81. The molecule has 270 valence electrons. The number of carboxylic acid groups (broad SMARTS) is 1. The average Bonchev–Trinajstić information content (AvgIpc) is 2.91. The lowest BCUT2D eigenvalue weighted by molar-refractivity contribution is -0.356. The lowest BCUT2D eigenvalue weighted by Crippen LogP contribution is -2.66. The van der Waals surface area contributed by atoms with Crippen LogP contribution in [0.5, 0.6) is 0 Å². The van der Waals surface area contributed by atoms with Crippen LogP contribution < -0.4 is 0 Å². The minimum Gasteiger partial charge on any atom is -0.479 e. The molecule has 3 heterocycles. The van der Waals surface area contributed by atoms with Crippen LogP contribution in [-0.2, 0) is 72.2 Å². The SMILES string of the molecule is CC1COC(COS(=O)(=O)O)C(OC2OC(C(=O)O)C(OC3OC(COS(=O)(=O)O)C(O)C(O)C3C)C(O)C2OS(=O)(=O)O)C1O. The summed E-state index contributed by atoms with van der Waals surface area (Å²) in [5.41, 5.74) is 0. The molecule has 0 amide bonds. The van der Waals surface area contributed by atoms with E-state index < -0.39 is 136 Å². The Morgan fingerprint density at radius 1 is 0.696 bits per heavy atom. The van der Waals surface area contributed by atoms with Crippen LogP contribution in [0.2, 0.25) is 0 Å². The first-order valence-corrected chi connectivity index (χ1v) is 17.2. The summed E-state index contributed by atoms with van der Waals surface area (Å²) in [7, 11) is -15.6. The standard InChI is InChI=1S/C20H34O23S3/c1-6-3-36-9(5-38-45(30,31)32)14(10(6)21)40-20-16(43-46(33,34)35)13(24)15(17(42-20)18(25)26)41-19-7(2)11(22)12(23)8(39-19)4-37-44(27,28)29/h6-17,19-24H,3-5H2,1-2H3,(H,25,26)(H,27,28,29)(H,30,31,32)(H,33,34,35). The third kappa shape index (κ3) is 10.4. The zero-order chi connectivity index (χ0) is 34.9. The van der Waals surface area contributed by atoms with Gasteiger partial charge in [0.05, 0.1) is 32.0 Å². The lowest BCUT2D eigenvalue weighted by atomic mass is 9.91. The zero-order valence-corrected chi connectivity index (χ0v) is 26.1. The highest BCUT2D eigenvalue weighted by Gasteiger charge is 2.56. The molecule has 3 aliphatic heterocycles. The predicted molar refractivity (Wildman–Crippen MR) is 138 cm³/mol. The van der Waals surface area contributed by atoms with E-state index in [1.165, 1.54) is 13.8 Å². The average molecular weight is 739 g/mol. The minimum absolute atomic E-state index is 0.205. The summed E-state index contributed by atoms with van der Waals surface area (Å²) in [6.07, 6.45) is -23.7. The third-order valence-corrected chi connectivity index (χ3v) is 8.54. The van der Waals surface area contributed by atoms with E-state index in [9.17, 15) is 60.1 Å². The van der Waals surface area contributed by atoms with Crippen LogP contribution in [0.4, 0.5) is 0 Å². The number of aliphatic hydroxyl groups excluding tert-OH is 4. The first kappa shape index (κ1) is 39.2. The van der Waals surface area contributed by atoms with Crippen molar-refractivity contribution in [3.63, 3.8) is 0 Å². The van der Waals surface area contributed by atoms with Gasteiger partial charge >= 0.3 is 37.2 Å². The van der Waals surface area contributed by atoms with Gasteiger partial charge in [-0.3, -0.25) is 13.7 Å². The van der Waals surface area contributed by atoms with E-state index in [1.807, 2.05) is 0 Å². The maximum Gasteiger partial charge on any atom is 0.397 e. The topological polar surface area (TPSA) is 355 Å². The van der Waals surface area contributed by atoms with Crippen LogP contribution >= 0.6 is 0 Å². The van der Waals surface area contributed by atoms with E-state index >= 15 is 0 Å². The van der Waals surface area contributed by atoms with Crippen molar-refractivity contribution in [1.82, 2.24) is 0 Å². The first-order valence-electron chi connectivity index (χ1n) is 13.1. The van der Waals surface area contributed by atoms with Gasteiger partial charge < -0.3 is 49.2 Å². The molecule has 3 saturated heterocycles.